The summed E-state index contributed by atoms with van der Waals surface area (Å²) in [6.07, 6.45) is 0.560. The van der Waals surface area contributed by atoms with Crippen LogP contribution in [0.3, 0.4) is 0 Å². The molecule has 3 N–H and O–H groups in total. The lowest BCUT2D eigenvalue weighted by atomic mass is 10.1. The number of para-hydroxylation sites is 1. The average molecular weight is 244 g/mol. The van der Waals surface area contributed by atoms with E-state index < -0.39 is 0 Å². The molecule has 4 nitrogen and oxygen atoms in total. The fourth-order valence-corrected chi connectivity index (χ4v) is 1.65. The molecule has 0 aliphatic carbocycles. The zero-order valence-corrected chi connectivity index (χ0v) is 10.3. The molecule has 0 atom stereocenters. The normalized spacial score (nSPS) is 10.3. The van der Waals surface area contributed by atoms with Crippen molar-refractivity contribution in [2.45, 2.75) is 13.3 Å². The van der Waals surface area contributed by atoms with Crippen molar-refractivity contribution in [2.75, 3.05) is 12.3 Å². The number of benzene rings is 1. The predicted octanol–water partition coefficient (Wildman–Crippen LogP) is 2.30. The monoisotopic (exact) mass is 244 g/mol. The first-order chi connectivity index (χ1) is 8.70. The number of aliphatic hydroxyl groups is 1. The SMILES string of the molecule is Cc1nc(Oc2ccccc2CCO)ccc1N. The van der Waals surface area contributed by atoms with Crippen LogP contribution in [0.15, 0.2) is 36.4 Å². The summed E-state index contributed by atoms with van der Waals surface area (Å²) >= 11 is 0. The van der Waals surface area contributed by atoms with E-state index >= 15 is 0 Å². The molecule has 0 saturated carbocycles. The number of ether oxygens (including phenoxy) is 1. The molecule has 1 aromatic carbocycles. The van der Waals surface area contributed by atoms with Crippen molar-refractivity contribution in [1.29, 1.82) is 0 Å². The topological polar surface area (TPSA) is 68.4 Å². The molecule has 94 valence electrons. The summed E-state index contributed by atoms with van der Waals surface area (Å²) in [5.41, 5.74) is 8.05. The first-order valence-corrected chi connectivity index (χ1v) is 5.80. The highest BCUT2D eigenvalue weighted by molar-refractivity contribution is 5.45. The zero-order chi connectivity index (χ0) is 13.0. The Morgan fingerprint density at radius 1 is 1.22 bits per heavy atom. The molecule has 2 aromatic rings. The van der Waals surface area contributed by atoms with Crippen molar-refractivity contribution in [3.63, 3.8) is 0 Å². The Morgan fingerprint density at radius 2 is 2.00 bits per heavy atom. The highest BCUT2D eigenvalue weighted by atomic mass is 16.5. The third-order valence-corrected chi connectivity index (χ3v) is 2.67. The molecule has 18 heavy (non-hydrogen) atoms. The number of nitrogens with zero attached hydrogens (tertiary/aromatic N) is 1. The molecular formula is C14H16N2O2. The molecule has 4 heteroatoms. The molecule has 2 rings (SSSR count). The molecule has 0 amide bonds. The lowest BCUT2D eigenvalue weighted by Gasteiger charge is -2.10. The van der Waals surface area contributed by atoms with E-state index in [-0.39, 0.29) is 6.61 Å². The number of pyridine rings is 1. The Morgan fingerprint density at radius 3 is 2.72 bits per heavy atom. The fourth-order valence-electron chi connectivity index (χ4n) is 1.65. The van der Waals surface area contributed by atoms with E-state index in [0.717, 1.165) is 11.3 Å². The van der Waals surface area contributed by atoms with Crippen molar-refractivity contribution in [1.82, 2.24) is 4.98 Å². The molecule has 1 heterocycles. The lowest BCUT2D eigenvalue weighted by Crippen LogP contribution is -1.98. The molecule has 0 saturated heterocycles. The van der Waals surface area contributed by atoms with Crippen LogP contribution in [0.25, 0.3) is 0 Å². The minimum atomic E-state index is 0.0918. The van der Waals surface area contributed by atoms with Gasteiger partial charge in [0.1, 0.15) is 5.75 Å². The lowest BCUT2D eigenvalue weighted by molar-refractivity contribution is 0.297. The van der Waals surface area contributed by atoms with E-state index in [2.05, 4.69) is 4.98 Å². The zero-order valence-electron chi connectivity index (χ0n) is 10.3. The largest absolute Gasteiger partial charge is 0.439 e. The molecule has 0 unspecified atom stereocenters. The molecule has 1 aromatic heterocycles. The van der Waals surface area contributed by atoms with Gasteiger partial charge in [0.25, 0.3) is 0 Å². The standard InChI is InChI=1S/C14H16N2O2/c1-10-12(15)6-7-14(16-10)18-13-5-3-2-4-11(13)8-9-17/h2-7,17H,8-9,15H2,1H3. The molecule has 0 bridgehead atoms. The Hall–Kier alpha value is -2.07. The molecular weight excluding hydrogens is 228 g/mol. The maximum Gasteiger partial charge on any atom is 0.219 e. The molecule has 0 aliphatic rings. The van der Waals surface area contributed by atoms with Crippen LogP contribution in [0.2, 0.25) is 0 Å². The highest BCUT2D eigenvalue weighted by Crippen LogP contribution is 2.25. The van der Waals surface area contributed by atoms with Crippen molar-refractivity contribution in [3.8, 4) is 11.6 Å². The van der Waals surface area contributed by atoms with E-state index in [4.69, 9.17) is 15.6 Å². The van der Waals surface area contributed by atoms with Crippen molar-refractivity contribution < 1.29 is 9.84 Å². The number of rotatable bonds is 4. The van der Waals surface area contributed by atoms with Gasteiger partial charge in [-0.05, 0) is 31.0 Å². The summed E-state index contributed by atoms with van der Waals surface area (Å²) in [7, 11) is 0. The number of nitrogens with two attached hydrogens (primary N) is 1. The summed E-state index contributed by atoms with van der Waals surface area (Å²) in [6.45, 7) is 1.93. The third-order valence-electron chi connectivity index (χ3n) is 2.67. The second-order valence-corrected chi connectivity index (χ2v) is 4.01. The maximum absolute atomic E-state index is 9.00. The first kappa shape index (κ1) is 12.4. The quantitative estimate of drug-likeness (QED) is 0.866. The fraction of sp³-hybridized carbons (Fsp3) is 0.214. The average Bonchev–Trinajstić information content (AvgIpc) is 2.37. The van der Waals surface area contributed by atoms with Crippen LogP contribution in [0.4, 0.5) is 5.69 Å². The van der Waals surface area contributed by atoms with E-state index in [1.807, 2.05) is 31.2 Å². The minimum Gasteiger partial charge on any atom is -0.439 e. The Kier molecular flexibility index (Phi) is 3.79. The summed E-state index contributed by atoms with van der Waals surface area (Å²) < 4.78 is 5.72. The number of aliphatic hydroxyl groups excluding tert-OH is 1. The van der Waals surface area contributed by atoms with Crippen LogP contribution in [-0.2, 0) is 6.42 Å². The molecule has 0 fully saturated rings. The van der Waals surface area contributed by atoms with Crippen LogP contribution in [0.1, 0.15) is 11.3 Å². The summed E-state index contributed by atoms with van der Waals surface area (Å²) in [5.74, 6) is 1.22. The number of aryl methyl sites for hydroxylation is 1. The maximum atomic E-state index is 9.00. The van der Waals surface area contributed by atoms with E-state index in [1.165, 1.54) is 0 Å². The van der Waals surface area contributed by atoms with Crippen molar-refractivity contribution >= 4 is 5.69 Å². The van der Waals surface area contributed by atoms with Gasteiger partial charge in [-0.1, -0.05) is 18.2 Å². The van der Waals surface area contributed by atoms with Crippen molar-refractivity contribution in [3.05, 3.63) is 47.7 Å². The Bertz CT molecular complexity index is 541. The van der Waals surface area contributed by atoms with Crippen LogP contribution in [0.5, 0.6) is 11.6 Å². The van der Waals surface area contributed by atoms with Gasteiger partial charge >= 0.3 is 0 Å². The Labute approximate surface area is 106 Å². The summed E-state index contributed by atoms with van der Waals surface area (Å²) in [6, 6.07) is 11.1. The van der Waals surface area contributed by atoms with Crippen LogP contribution < -0.4 is 10.5 Å². The Balaban J connectivity index is 2.25. The number of nitrogen functional groups attached to an aromatic ring is 1. The van der Waals surface area contributed by atoms with Gasteiger partial charge in [0, 0.05) is 12.7 Å². The van der Waals surface area contributed by atoms with Gasteiger partial charge in [0.05, 0.1) is 11.4 Å². The second kappa shape index (κ2) is 5.51. The van der Waals surface area contributed by atoms with Crippen molar-refractivity contribution in [2.24, 2.45) is 0 Å². The second-order valence-electron chi connectivity index (χ2n) is 4.01. The van der Waals surface area contributed by atoms with Crippen LogP contribution in [-0.4, -0.2) is 16.7 Å². The van der Waals surface area contributed by atoms with Crippen LogP contribution >= 0.6 is 0 Å². The molecule has 0 aliphatic heterocycles. The smallest absolute Gasteiger partial charge is 0.219 e. The van der Waals surface area contributed by atoms with Gasteiger partial charge < -0.3 is 15.6 Å². The van der Waals surface area contributed by atoms with Gasteiger partial charge in [0.15, 0.2) is 0 Å². The number of anilines is 1. The van der Waals surface area contributed by atoms with Gasteiger partial charge in [0.2, 0.25) is 5.88 Å². The third kappa shape index (κ3) is 2.78. The van der Waals surface area contributed by atoms with E-state index in [1.54, 1.807) is 12.1 Å². The molecule has 0 spiro atoms. The summed E-state index contributed by atoms with van der Waals surface area (Å²) in [4.78, 5) is 4.26. The van der Waals surface area contributed by atoms with Gasteiger partial charge in [-0.15, -0.1) is 0 Å². The number of aromatic nitrogens is 1. The van der Waals surface area contributed by atoms with Gasteiger partial charge in [-0.25, -0.2) is 4.98 Å². The summed E-state index contributed by atoms with van der Waals surface area (Å²) in [5, 5.41) is 9.00. The van der Waals surface area contributed by atoms with Gasteiger partial charge in [-0.2, -0.15) is 0 Å². The highest BCUT2D eigenvalue weighted by Gasteiger charge is 2.05. The predicted molar refractivity (Wildman–Crippen MR) is 70.7 cm³/mol. The van der Waals surface area contributed by atoms with E-state index in [9.17, 15) is 0 Å². The molecule has 0 radical (unpaired) electrons. The minimum absolute atomic E-state index is 0.0918. The van der Waals surface area contributed by atoms with Crippen LogP contribution in [0, 0.1) is 6.92 Å². The first-order valence-electron chi connectivity index (χ1n) is 5.80. The number of hydrogen-bond acceptors (Lipinski definition) is 4. The number of hydrogen-bond donors (Lipinski definition) is 2. The van der Waals surface area contributed by atoms with E-state index in [0.29, 0.717) is 23.7 Å². The van der Waals surface area contributed by atoms with Gasteiger partial charge in [-0.3, -0.25) is 0 Å².